The molecule has 0 radical (unpaired) electrons. The number of aryl methyl sites for hydroxylation is 1. The maximum Gasteiger partial charge on any atom is 0.228 e. The van der Waals surface area contributed by atoms with Crippen molar-refractivity contribution in [3.05, 3.63) is 64.4 Å². The third-order valence-corrected chi connectivity index (χ3v) is 5.00. The molecule has 3 aromatic rings. The number of nitrogens with one attached hydrogen (secondary N) is 1. The molecule has 0 bridgehead atoms. The van der Waals surface area contributed by atoms with Crippen molar-refractivity contribution >= 4 is 23.2 Å². The SMILES string of the molecule is Cc1nn(-c2ccccc2)c(C)c1CC(=O)Nc1cc2c(cc1Cl)OCCO2. The Morgan fingerprint density at radius 2 is 1.82 bits per heavy atom. The molecule has 4 rings (SSSR count). The maximum absolute atomic E-state index is 12.7. The summed E-state index contributed by atoms with van der Waals surface area (Å²) in [5.74, 6) is 0.998. The monoisotopic (exact) mass is 397 g/mol. The van der Waals surface area contributed by atoms with Crippen molar-refractivity contribution in [3.8, 4) is 17.2 Å². The molecule has 1 amide bonds. The number of halogens is 1. The minimum atomic E-state index is -0.169. The van der Waals surface area contributed by atoms with Crippen LogP contribution in [0.1, 0.15) is 17.0 Å². The van der Waals surface area contributed by atoms with Crippen LogP contribution in [-0.2, 0) is 11.2 Å². The molecule has 1 N–H and O–H groups in total. The summed E-state index contributed by atoms with van der Waals surface area (Å²) >= 11 is 6.29. The lowest BCUT2D eigenvalue weighted by Gasteiger charge is -2.20. The van der Waals surface area contributed by atoms with Crippen LogP contribution in [0.2, 0.25) is 5.02 Å². The Labute approximate surface area is 168 Å². The van der Waals surface area contributed by atoms with E-state index in [0.717, 1.165) is 22.6 Å². The molecule has 0 spiro atoms. The van der Waals surface area contributed by atoms with E-state index < -0.39 is 0 Å². The highest BCUT2D eigenvalue weighted by atomic mass is 35.5. The van der Waals surface area contributed by atoms with Gasteiger partial charge >= 0.3 is 0 Å². The molecule has 0 unspecified atom stereocenters. The van der Waals surface area contributed by atoms with Gasteiger partial charge in [-0.05, 0) is 26.0 Å². The first-order valence-corrected chi connectivity index (χ1v) is 9.40. The molecule has 0 saturated heterocycles. The Balaban J connectivity index is 1.54. The van der Waals surface area contributed by atoms with E-state index in [1.54, 1.807) is 12.1 Å². The molecule has 0 aliphatic carbocycles. The first-order chi connectivity index (χ1) is 13.5. The second-order valence-electron chi connectivity index (χ2n) is 6.60. The van der Waals surface area contributed by atoms with Gasteiger partial charge in [-0.1, -0.05) is 29.8 Å². The highest BCUT2D eigenvalue weighted by molar-refractivity contribution is 6.34. The number of benzene rings is 2. The van der Waals surface area contributed by atoms with Crippen molar-refractivity contribution in [1.82, 2.24) is 9.78 Å². The third-order valence-electron chi connectivity index (χ3n) is 4.69. The summed E-state index contributed by atoms with van der Waals surface area (Å²) in [6.45, 7) is 4.83. The molecule has 6 nitrogen and oxygen atoms in total. The first kappa shape index (κ1) is 18.4. The van der Waals surface area contributed by atoms with Gasteiger partial charge in [0.15, 0.2) is 11.5 Å². The van der Waals surface area contributed by atoms with Crippen LogP contribution in [0.15, 0.2) is 42.5 Å². The van der Waals surface area contributed by atoms with Crippen molar-refractivity contribution in [2.75, 3.05) is 18.5 Å². The number of ether oxygens (including phenoxy) is 2. The van der Waals surface area contributed by atoms with E-state index in [1.807, 2.05) is 48.9 Å². The number of rotatable bonds is 4. The van der Waals surface area contributed by atoms with Crippen LogP contribution in [0.25, 0.3) is 5.69 Å². The molecule has 1 aromatic heterocycles. The van der Waals surface area contributed by atoms with Gasteiger partial charge in [-0.25, -0.2) is 4.68 Å². The average Bonchev–Trinajstić information content (AvgIpc) is 2.97. The number of hydrogen-bond donors (Lipinski definition) is 1. The van der Waals surface area contributed by atoms with Crippen LogP contribution in [0.5, 0.6) is 11.5 Å². The summed E-state index contributed by atoms with van der Waals surface area (Å²) in [4.78, 5) is 12.7. The van der Waals surface area contributed by atoms with Crippen LogP contribution in [-0.4, -0.2) is 28.9 Å². The van der Waals surface area contributed by atoms with Crippen LogP contribution >= 0.6 is 11.6 Å². The van der Waals surface area contributed by atoms with E-state index in [9.17, 15) is 4.79 Å². The number of hydrogen-bond acceptors (Lipinski definition) is 4. The predicted molar refractivity (Wildman–Crippen MR) is 108 cm³/mol. The molecule has 2 aromatic carbocycles. The number of nitrogens with zero attached hydrogens (tertiary/aromatic N) is 2. The lowest BCUT2D eigenvalue weighted by molar-refractivity contribution is -0.115. The van der Waals surface area contributed by atoms with Crippen LogP contribution in [0.3, 0.4) is 0 Å². The highest BCUT2D eigenvalue weighted by Crippen LogP contribution is 2.38. The molecule has 2 heterocycles. The fraction of sp³-hybridized carbons (Fsp3) is 0.238. The number of carbonyl (C=O) groups excluding carboxylic acids is 1. The molecule has 0 saturated carbocycles. The zero-order chi connectivity index (χ0) is 19.7. The van der Waals surface area contributed by atoms with E-state index in [2.05, 4.69) is 10.4 Å². The van der Waals surface area contributed by atoms with E-state index >= 15 is 0 Å². The standard InChI is InChI=1S/C21H20ClN3O3/c1-13-16(14(2)25(24-13)15-6-4-3-5-7-15)10-21(26)23-18-12-20-19(11-17(18)22)27-8-9-28-20/h3-7,11-12H,8-10H2,1-2H3,(H,23,26). The van der Waals surface area contributed by atoms with E-state index in [1.165, 1.54) is 0 Å². The van der Waals surface area contributed by atoms with Crippen molar-refractivity contribution in [1.29, 1.82) is 0 Å². The lowest BCUT2D eigenvalue weighted by atomic mass is 10.1. The average molecular weight is 398 g/mol. The van der Waals surface area contributed by atoms with Gasteiger partial charge in [0.25, 0.3) is 0 Å². The zero-order valence-corrected chi connectivity index (χ0v) is 16.4. The summed E-state index contributed by atoms with van der Waals surface area (Å²) in [5.41, 5.74) is 4.12. The van der Waals surface area contributed by atoms with E-state index in [4.69, 9.17) is 21.1 Å². The van der Waals surface area contributed by atoms with Gasteiger partial charge in [0.2, 0.25) is 5.91 Å². The van der Waals surface area contributed by atoms with Gasteiger partial charge in [0, 0.05) is 23.4 Å². The summed E-state index contributed by atoms with van der Waals surface area (Å²) in [7, 11) is 0. The number of fused-ring (bicyclic) bond motifs is 1. The summed E-state index contributed by atoms with van der Waals surface area (Å²) < 4.78 is 12.9. The number of anilines is 1. The number of para-hydroxylation sites is 1. The predicted octanol–water partition coefficient (Wildman–Crippen LogP) is 4.09. The minimum absolute atomic E-state index is 0.169. The van der Waals surface area contributed by atoms with E-state index in [-0.39, 0.29) is 12.3 Å². The maximum atomic E-state index is 12.7. The Hall–Kier alpha value is -2.99. The molecular weight excluding hydrogens is 378 g/mol. The number of amides is 1. The smallest absolute Gasteiger partial charge is 0.228 e. The summed E-state index contributed by atoms with van der Waals surface area (Å²) in [5, 5.41) is 7.87. The van der Waals surface area contributed by atoms with Gasteiger partial charge in [0.05, 0.1) is 28.5 Å². The second kappa shape index (κ2) is 7.56. The third kappa shape index (κ3) is 3.55. The summed E-state index contributed by atoms with van der Waals surface area (Å²) in [6, 6.07) is 13.2. The Kier molecular flexibility index (Phi) is 4.96. The van der Waals surface area contributed by atoms with Gasteiger partial charge in [-0.3, -0.25) is 4.79 Å². The van der Waals surface area contributed by atoms with Gasteiger partial charge in [0.1, 0.15) is 13.2 Å². The first-order valence-electron chi connectivity index (χ1n) is 9.02. The molecule has 7 heteroatoms. The largest absolute Gasteiger partial charge is 0.486 e. The van der Waals surface area contributed by atoms with Crippen LogP contribution in [0, 0.1) is 13.8 Å². The normalized spacial score (nSPS) is 12.7. The molecule has 0 fully saturated rings. The van der Waals surface area contributed by atoms with Crippen molar-refractivity contribution in [2.24, 2.45) is 0 Å². The number of carbonyl (C=O) groups is 1. The summed E-state index contributed by atoms with van der Waals surface area (Å²) in [6.07, 6.45) is 0.204. The van der Waals surface area contributed by atoms with Crippen LogP contribution in [0.4, 0.5) is 5.69 Å². The number of aromatic nitrogens is 2. The quantitative estimate of drug-likeness (QED) is 0.720. The van der Waals surface area contributed by atoms with Crippen molar-refractivity contribution in [2.45, 2.75) is 20.3 Å². The fourth-order valence-electron chi connectivity index (χ4n) is 3.27. The molecule has 144 valence electrons. The Morgan fingerprint density at radius 1 is 1.14 bits per heavy atom. The molecule has 28 heavy (non-hydrogen) atoms. The van der Waals surface area contributed by atoms with Gasteiger partial charge in [-0.15, -0.1) is 0 Å². The lowest BCUT2D eigenvalue weighted by Crippen LogP contribution is -2.18. The molecule has 1 aliphatic heterocycles. The van der Waals surface area contributed by atoms with Crippen molar-refractivity contribution < 1.29 is 14.3 Å². The molecule has 0 atom stereocenters. The topological polar surface area (TPSA) is 65.4 Å². The zero-order valence-electron chi connectivity index (χ0n) is 15.7. The molecular formula is C21H20ClN3O3. The van der Waals surface area contributed by atoms with Gasteiger partial charge < -0.3 is 14.8 Å². The van der Waals surface area contributed by atoms with Gasteiger partial charge in [-0.2, -0.15) is 5.10 Å². The Bertz CT molecular complexity index is 1030. The van der Waals surface area contributed by atoms with E-state index in [0.29, 0.717) is 35.4 Å². The fourth-order valence-corrected chi connectivity index (χ4v) is 3.47. The second-order valence-corrected chi connectivity index (χ2v) is 7.00. The highest BCUT2D eigenvalue weighted by Gasteiger charge is 2.19. The molecule has 1 aliphatic rings. The Morgan fingerprint density at radius 3 is 2.54 bits per heavy atom. The van der Waals surface area contributed by atoms with Crippen LogP contribution < -0.4 is 14.8 Å². The van der Waals surface area contributed by atoms with Crippen molar-refractivity contribution in [3.63, 3.8) is 0 Å². The minimum Gasteiger partial charge on any atom is -0.486 e.